The van der Waals surface area contributed by atoms with Gasteiger partial charge in [0.15, 0.2) is 0 Å². The second-order valence-electron chi connectivity index (χ2n) is 4.59. The minimum absolute atomic E-state index is 0.649. The molecule has 4 heteroatoms. The van der Waals surface area contributed by atoms with Crippen LogP contribution in [0.3, 0.4) is 0 Å². The number of hydrogen-bond acceptors (Lipinski definition) is 4. The Morgan fingerprint density at radius 2 is 2.13 bits per heavy atom. The van der Waals surface area contributed by atoms with Gasteiger partial charge in [0, 0.05) is 36.7 Å². The highest BCUT2D eigenvalue weighted by Gasteiger charge is 2.32. The van der Waals surface area contributed by atoms with Crippen molar-refractivity contribution in [2.45, 2.75) is 25.4 Å². The van der Waals surface area contributed by atoms with E-state index >= 15 is 0 Å². The van der Waals surface area contributed by atoms with E-state index in [9.17, 15) is 0 Å². The summed E-state index contributed by atoms with van der Waals surface area (Å²) in [6.45, 7) is 4.45. The van der Waals surface area contributed by atoms with E-state index in [4.69, 9.17) is 5.73 Å². The van der Waals surface area contributed by atoms with E-state index in [2.05, 4.69) is 35.3 Å². The Hall–Kier alpha value is 0.620. The molecule has 0 bridgehead atoms. The Morgan fingerprint density at radius 3 is 2.73 bits per heavy atom. The molecule has 3 unspecified atom stereocenters. The lowest BCUT2D eigenvalue weighted by Gasteiger charge is -2.41. The molecule has 2 fully saturated rings. The van der Waals surface area contributed by atoms with E-state index in [-0.39, 0.29) is 0 Å². The third kappa shape index (κ3) is 2.84. The molecule has 2 saturated heterocycles. The predicted octanol–water partition coefficient (Wildman–Crippen LogP) is 1.50. The Labute approximate surface area is 102 Å². The van der Waals surface area contributed by atoms with Crippen LogP contribution < -0.4 is 5.73 Å². The van der Waals surface area contributed by atoms with Gasteiger partial charge in [0.25, 0.3) is 0 Å². The van der Waals surface area contributed by atoms with Crippen LogP contribution in [0.1, 0.15) is 13.3 Å². The fourth-order valence-corrected chi connectivity index (χ4v) is 5.05. The molecule has 0 saturated carbocycles. The molecule has 15 heavy (non-hydrogen) atoms. The minimum atomic E-state index is 0.649. The highest BCUT2D eigenvalue weighted by molar-refractivity contribution is 7.99. The fraction of sp³-hybridized carbons (Fsp3) is 1.00. The molecule has 0 aromatic heterocycles. The minimum Gasteiger partial charge on any atom is -0.329 e. The topological polar surface area (TPSA) is 29.3 Å². The van der Waals surface area contributed by atoms with Crippen molar-refractivity contribution in [3.63, 3.8) is 0 Å². The van der Waals surface area contributed by atoms with Gasteiger partial charge in [-0.2, -0.15) is 23.5 Å². The maximum Gasteiger partial charge on any atom is 0.0258 e. The Morgan fingerprint density at radius 1 is 1.33 bits per heavy atom. The van der Waals surface area contributed by atoms with Crippen LogP contribution in [0.2, 0.25) is 0 Å². The molecule has 0 amide bonds. The van der Waals surface area contributed by atoms with Gasteiger partial charge in [-0.15, -0.1) is 0 Å². The van der Waals surface area contributed by atoms with Gasteiger partial charge >= 0.3 is 0 Å². The van der Waals surface area contributed by atoms with Gasteiger partial charge in [-0.05, 0) is 30.8 Å². The molecule has 0 aromatic rings. The molecule has 0 radical (unpaired) electrons. The summed E-state index contributed by atoms with van der Waals surface area (Å²) in [5.74, 6) is 6.11. The molecule has 0 aromatic carbocycles. The van der Waals surface area contributed by atoms with Gasteiger partial charge in [0.1, 0.15) is 0 Å². The number of nitrogens with two attached hydrogens (primary N) is 1. The van der Waals surface area contributed by atoms with Crippen molar-refractivity contribution >= 4 is 23.5 Å². The quantitative estimate of drug-likeness (QED) is 0.817. The summed E-state index contributed by atoms with van der Waals surface area (Å²) in [5.41, 5.74) is 5.99. The van der Waals surface area contributed by atoms with Gasteiger partial charge in [-0.1, -0.05) is 0 Å². The molecule has 0 aliphatic carbocycles. The van der Waals surface area contributed by atoms with E-state index in [1.165, 1.54) is 36.0 Å². The zero-order valence-electron chi connectivity index (χ0n) is 9.52. The number of hydrogen-bond donors (Lipinski definition) is 1. The lowest BCUT2D eigenvalue weighted by molar-refractivity contribution is 0.126. The second kappa shape index (κ2) is 5.80. The average Bonchev–Trinajstić information content (AvgIpc) is 2.75. The van der Waals surface area contributed by atoms with Crippen LogP contribution in [-0.2, 0) is 0 Å². The van der Waals surface area contributed by atoms with Crippen molar-refractivity contribution < 1.29 is 0 Å². The molecule has 2 nitrogen and oxygen atoms in total. The first-order valence-electron chi connectivity index (χ1n) is 5.94. The maximum atomic E-state index is 5.99. The van der Waals surface area contributed by atoms with Crippen LogP contribution in [0.4, 0.5) is 0 Å². The molecule has 2 aliphatic heterocycles. The largest absolute Gasteiger partial charge is 0.329 e. The summed E-state index contributed by atoms with van der Waals surface area (Å²) in [7, 11) is 0. The fourth-order valence-electron chi connectivity index (χ4n) is 2.69. The summed E-state index contributed by atoms with van der Waals surface area (Å²) < 4.78 is 0. The zero-order chi connectivity index (χ0) is 10.7. The molecule has 0 spiro atoms. The molecular weight excluding hydrogens is 224 g/mol. The number of thioether (sulfide) groups is 2. The molecule has 2 aliphatic rings. The van der Waals surface area contributed by atoms with Crippen LogP contribution in [-0.4, -0.2) is 53.1 Å². The van der Waals surface area contributed by atoms with Gasteiger partial charge < -0.3 is 5.73 Å². The summed E-state index contributed by atoms with van der Waals surface area (Å²) in [5, 5.41) is 0. The standard InChI is InChI=1S/C11H22N2S2/c1-9-7-15-5-3-13(9)11(6-12)10-2-4-14-8-10/h9-11H,2-8,12H2,1H3. The smallest absolute Gasteiger partial charge is 0.0258 e. The first-order chi connectivity index (χ1) is 7.33. The summed E-state index contributed by atoms with van der Waals surface area (Å²) >= 11 is 4.19. The lowest BCUT2D eigenvalue weighted by Crippen LogP contribution is -2.53. The van der Waals surface area contributed by atoms with E-state index in [1.54, 1.807) is 0 Å². The van der Waals surface area contributed by atoms with Crippen molar-refractivity contribution in [1.29, 1.82) is 0 Å². The van der Waals surface area contributed by atoms with Gasteiger partial charge in [-0.3, -0.25) is 4.90 Å². The third-order valence-electron chi connectivity index (χ3n) is 3.60. The van der Waals surface area contributed by atoms with Crippen molar-refractivity contribution in [2.75, 3.05) is 36.1 Å². The van der Waals surface area contributed by atoms with Gasteiger partial charge in [0.2, 0.25) is 0 Å². The van der Waals surface area contributed by atoms with Crippen LogP contribution >= 0.6 is 23.5 Å². The summed E-state index contributed by atoms with van der Waals surface area (Å²) in [6, 6.07) is 1.37. The third-order valence-corrected chi connectivity index (χ3v) is 5.97. The Balaban J connectivity index is 1.97. The van der Waals surface area contributed by atoms with Crippen LogP contribution in [0.25, 0.3) is 0 Å². The van der Waals surface area contributed by atoms with Crippen molar-refractivity contribution in [3.05, 3.63) is 0 Å². The monoisotopic (exact) mass is 246 g/mol. The molecule has 2 N–H and O–H groups in total. The van der Waals surface area contributed by atoms with Crippen molar-refractivity contribution in [2.24, 2.45) is 11.7 Å². The Kier molecular flexibility index (Phi) is 4.68. The van der Waals surface area contributed by atoms with Crippen LogP contribution in [0.5, 0.6) is 0 Å². The highest BCUT2D eigenvalue weighted by Crippen LogP contribution is 2.31. The highest BCUT2D eigenvalue weighted by atomic mass is 32.2. The second-order valence-corrected chi connectivity index (χ2v) is 6.89. The van der Waals surface area contributed by atoms with E-state index in [0.29, 0.717) is 6.04 Å². The van der Waals surface area contributed by atoms with E-state index in [0.717, 1.165) is 18.5 Å². The van der Waals surface area contributed by atoms with E-state index in [1.807, 2.05) is 0 Å². The molecule has 3 atom stereocenters. The Bertz CT molecular complexity index is 195. The molecule has 88 valence electrons. The lowest BCUT2D eigenvalue weighted by atomic mass is 9.96. The average molecular weight is 246 g/mol. The van der Waals surface area contributed by atoms with Crippen molar-refractivity contribution in [3.8, 4) is 0 Å². The summed E-state index contributed by atoms with van der Waals surface area (Å²) in [4.78, 5) is 2.67. The SMILES string of the molecule is CC1CSCCN1C(CN)C1CCSC1. The first-order valence-corrected chi connectivity index (χ1v) is 8.25. The van der Waals surface area contributed by atoms with Crippen molar-refractivity contribution in [1.82, 2.24) is 4.90 Å². The first kappa shape index (κ1) is 12.1. The normalized spacial score (nSPS) is 35.6. The van der Waals surface area contributed by atoms with Crippen LogP contribution in [0, 0.1) is 5.92 Å². The molecular formula is C11H22N2S2. The van der Waals surface area contributed by atoms with Gasteiger partial charge in [-0.25, -0.2) is 0 Å². The molecule has 2 heterocycles. The summed E-state index contributed by atoms with van der Waals surface area (Å²) in [6.07, 6.45) is 1.38. The zero-order valence-corrected chi connectivity index (χ0v) is 11.2. The van der Waals surface area contributed by atoms with E-state index < -0.39 is 0 Å². The number of nitrogens with zero attached hydrogens (tertiary/aromatic N) is 1. The van der Waals surface area contributed by atoms with Crippen LogP contribution in [0.15, 0.2) is 0 Å². The number of rotatable bonds is 3. The molecule has 2 rings (SSSR count). The maximum absolute atomic E-state index is 5.99. The van der Waals surface area contributed by atoms with Gasteiger partial charge in [0.05, 0.1) is 0 Å². The predicted molar refractivity (Wildman–Crippen MR) is 71.8 cm³/mol.